The van der Waals surface area contributed by atoms with E-state index in [0.717, 1.165) is 24.1 Å². The summed E-state index contributed by atoms with van der Waals surface area (Å²) in [6, 6.07) is 13.1. The topological polar surface area (TPSA) is 130 Å². The Morgan fingerprint density at radius 3 is 2.41 bits per heavy atom. The van der Waals surface area contributed by atoms with Crippen molar-refractivity contribution in [1.82, 2.24) is 5.32 Å². The number of benzene rings is 2. The molecule has 5 unspecified atom stereocenters. The number of hydrogen-bond donors (Lipinski definition) is 5. The zero-order chi connectivity index (χ0) is 23.1. The molecule has 3 rings (SSSR count). The Balaban J connectivity index is 1.52. The van der Waals surface area contributed by atoms with Crippen LogP contribution in [0.3, 0.4) is 0 Å². The van der Waals surface area contributed by atoms with E-state index in [1.807, 2.05) is 36.4 Å². The second kappa shape index (κ2) is 11.5. The van der Waals surface area contributed by atoms with Crippen molar-refractivity contribution in [2.45, 2.75) is 43.7 Å². The lowest BCUT2D eigenvalue weighted by molar-refractivity contribution is -0.277. The first kappa shape index (κ1) is 24.2. The van der Waals surface area contributed by atoms with E-state index < -0.39 is 37.3 Å². The predicted octanol–water partition coefficient (Wildman–Crippen LogP) is 0.215. The molecule has 0 radical (unpaired) electrons. The van der Waals surface area contributed by atoms with Crippen molar-refractivity contribution in [2.24, 2.45) is 0 Å². The van der Waals surface area contributed by atoms with E-state index in [-0.39, 0.29) is 0 Å². The summed E-state index contributed by atoms with van der Waals surface area (Å²) >= 11 is 0. The highest BCUT2D eigenvalue weighted by atomic mass is 16.7. The molecule has 0 amide bonds. The Kier molecular flexibility index (Phi) is 8.68. The Hall–Kier alpha value is -2.40. The molecule has 2 aromatic carbocycles. The fourth-order valence-electron chi connectivity index (χ4n) is 3.53. The lowest BCUT2D eigenvalue weighted by Crippen LogP contribution is -2.60. The molecule has 1 aliphatic heterocycles. The largest absolute Gasteiger partial charge is 0.493 e. The molecule has 0 aliphatic carbocycles. The molecule has 0 saturated carbocycles. The highest BCUT2D eigenvalue weighted by molar-refractivity contribution is 5.42. The number of hydrogen-bond acceptors (Lipinski definition) is 9. The van der Waals surface area contributed by atoms with Gasteiger partial charge in [-0.3, -0.25) is 0 Å². The van der Waals surface area contributed by atoms with Gasteiger partial charge in [-0.05, 0) is 48.4 Å². The van der Waals surface area contributed by atoms with Crippen LogP contribution in [0.1, 0.15) is 11.1 Å². The van der Waals surface area contributed by atoms with Crippen LogP contribution in [0, 0.1) is 0 Å². The van der Waals surface area contributed by atoms with Gasteiger partial charge in [0.1, 0.15) is 30.2 Å². The molecular weight excluding hydrogens is 418 g/mol. The molecule has 1 fully saturated rings. The molecule has 9 nitrogen and oxygen atoms in total. The maximum absolute atomic E-state index is 10.1. The third kappa shape index (κ3) is 5.89. The normalized spacial score (nSPS) is 25.4. The van der Waals surface area contributed by atoms with Gasteiger partial charge in [-0.1, -0.05) is 18.2 Å². The second-order valence-electron chi connectivity index (χ2n) is 7.58. The minimum Gasteiger partial charge on any atom is -0.493 e. The quantitative estimate of drug-likeness (QED) is 0.323. The molecule has 2 aromatic rings. The fourth-order valence-corrected chi connectivity index (χ4v) is 3.53. The molecular formula is C23H31NO8. The number of methoxy groups -OCH3 is 2. The van der Waals surface area contributed by atoms with E-state index in [1.54, 1.807) is 20.3 Å². The highest BCUT2D eigenvalue weighted by Gasteiger charge is 2.44. The SMILES string of the molecule is COc1ccc(CNCCc2cccc(OC3OC(CO)C(O)C(O)C3O)c2)cc1OC. The number of ether oxygens (including phenoxy) is 4. The monoisotopic (exact) mass is 449 g/mol. The van der Waals surface area contributed by atoms with Crippen molar-refractivity contribution in [3.8, 4) is 17.2 Å². The lowest BCUT2D eigenvalue weighted by Gasteiger charge is -2.39. The third-order valence-electron chi connectivity index (χ3n) is 5.37. The average molecular weight is 450 g/mol. The summed E-state index contributed by atoms with van der Waals surface area (Å²) in [4.78, 5) is 0. The summed E-state index contributed by atoms with van der Waals surface area (Å²) in [5, 5.41) is 42.6. The van der Waals surface area contributed by atoms with Gasteiger partial charge in [-0.25, -0.2) is 0 Å². The third-order valence-corrected chi connectivity index (χ3v) is 5.37. The van der Waals surface area contributed by atoms with Crippen LogP contribution >= 0.6 is 0 Å². The van der Waals surface area contributed by atoms with E-state index in [0.29, 0.717) is 23.8 Å². The van der Waals surface area contributed by atoms with Gasteiger partial charge in [0.15, 0.2) is 11.5 Å². The van der Waals surface area contributed by atoms with E-state index in [1.165, 1.54) is 0 Å². The van der Waals surface area contributed by atoms with Crippen LogP contribution in [0.4, 0.5) is 0 Å². The molecule has 9 heteroatoms. The predicted molar refractivity (Wildman–Crippen MR) is 116 cm³/mol. The summed E-state index contributed by atoms with van der Waals surface area (Å²) in [5.41, 5.74) is 2.08. The molecule has 1 aliphatic rings. The molecule has 5 atom stereocenters. The minimum atomic E-state index is -1.48. The second-order valence-corrected chi connectivity index (χ2v) is 7.58. The van der Waals surface area contributed by atoms with Crippen LogP contribution in [0.5, 0.6) is 17.2 Å². The van der Waals surface area contributed by atoms with Crippen LogP contribution in [0.25, 0.3) is 0 Å². The Labute approximate surface area is 187 Å². The smallest absolute Gasteiger partial charge is 0.229 e. The van der Waals surface area contributed by atoms with Gasteiger partial charge in [0, 0.05) is 6.54 Å². The first-order valence-corrected chi connectivity index (χ1v) is 10.4. The zero-order valence-corrected chi connectivity index (χ0v) is 18.2. The standard InChI is InChI=1S/C23H31NO8/c1-29-17-7-6-15(11-18(17)30-2)12-24-9-8-14-4-3-5-16(10-14)31-23-22(28)21(27)20(26)19(13-25)32-23/h3-7,10-11,19-28H,8-9,12-13H2,1-2H3. The maximum Gasteiger partial charge on any atom is 0.229 e. The maximum atomic E-state index is 10.1. The highest BCUT2D eigenvalue weighted by Crippen LogP contribution is 2.27. The summed E-state index contributed by atoms with van der Waals surface area (Å²) in [6.45, 7) is 0.885. The van der Waals surface area contributed by atoms with Gasteiger partial charge in [-0.15, -0.1) is 0 Å². The summed E-state index contributed by atoms with van der Waals surface area (Å²) in [5.74, 6) is 1.82. The Morgan fingerprint density at radius 2 is 1.69 bits per heavy atom. The van der Waals surface area contributed by atoms with Crippen molar-refractivity contribution in [2.75, 3.05) is 27.4 Å². The van der Waals surface area contributed by atoms with Gasteiger partial charge in [0.2, 0.25) is 6.29 Å². The molecule has 0 spiro atoms. The Bertz CT molecular complexity index is 862. The van der Waals surface area contributed by atoms with Crippen LogP contribution in [0.2, 0.25) is 0 Å². The number of aliphatic hydroxyl groups is 4. The van der Waals surface area contributed by atoms with Crippen molar-refractivity contribution in [3.63, 3.8) is 0 Å². The molecule has 0 bridgehead atoms. The molecule has 0 aromatic heterocycles. The van der Waals surface area contributed by atoms with Crippen LogP contribution < -0.4 is 19.5 Å². The number of rotatable bonds is 10. The number of aliphatic hydroxyl groups excluding tert-OH is 4. The minimum absolute atomic E-state index is 0.451. The van der Waals surface area contributed by atoms with E-state index >= 15 is 0 Å². The van der Waals surface area contributed by atoms with Crippen molar-refractivity contribution < 1.29 is 39.4 Å². The first-order valence-electron chi connectivity index (χ1n) is 10.4. The average Bonchev–Trinajstić information content (AvgIpc) is 2.82. The fraction of sp³-hybridized carbons (Fsp3) is 0.478. The summed E-state index contributed by atoms with van der Waals surface area (Å²) < 4.78 is 21.6. The lowest BCUT2D eigenvalue weighted by atomic mass is 9.99. The number of nitrogens with one attached hydrogen (secondary N) is 1. The van der Waals surface area contributed by atoms with Crippen molar-refractivity contribution in [1.29, 1.82) is 0 Å². The van der Waals surface area contributed by atoms with Gasteiger partial charge < -0.3 is 44.7 Å². The first-order chi connectivity index (χ1) is 15.5. The van der Waals surface area contributed by atoms with Crippen molar-refractivity contribution in [3.05, 3.63) is 53.6 Å². The van der Waals surface area contributed by atoms with Crippen LogP contribution in [-0.4, -0.2) is 78.5 Å². The van der Waals surface area contributed by atoms with E-state index in [9.17, 15) is 20.4 Å². The van der Waals surface area contributed by atoms with Crippen molar-refractivity contribution >= 4 is 0 Å². The van der Waals surface area contributed by atoms with E-state index in [4.69, 9.17) is 18.9 Å². The molecule has 5 N–H and O–H groups in total. The molecule has 176 valence electrons. The van der Waals surface area contributed by atoms with Crippen LogP contribution in [-0.2, 0) is 17.7 Å². The molecule has 1 heterocycles. The zero-order valence-electron chi connectivity index (χ0n) is 18.2. The Morgan fingerprint density at radius 1 is 0.906 bits per heavy atom. The van der Waals surface area contributed by atoms with E-state index in [2.05, 4.69) is 5.32 Å². The van der Waals surface area contributed by atoms with Gasteiger partial charge in [0.25, 0.3) is 0 Å². The van der Waals surface area contributed by atoms with Gasteiger partial charge >= 0.3 is 0 Å². The molecule has 1 saturated heterocycles. The molecule has 32 heavy (non-hydrogen) atoms. The van der Waals surface area contributed by atoms with Gasteiger partial charge in [0.05, 0.1) is 20.8 Å². The summed E-state index contributed by atoms with van der Waals surface area (Å²) in [6.07, 6.45) is -5.82. The van der Waals surface area contributed by atoms with Crippen LogP contribution in [0.15, 0.2) is 42.5 Å². The summed E-state index contributed by atoms with van der Waals surface area (Å²) in [7, 11) is 3.21. The van der Waals surface area contributed by atoms with Gasteiger partial charge in [-0.2, -0.15) is 0 Å².